The number of carbonyl (C=O) groups excluding carboxylic acids is 2. The molecule has 1 aliphatic heterocycles. The fourth-order valence-corrected chi connectivity index (χ4v) is 3.80. The molecule has 0 aromatic carbocycles. The lowest BCUT2D eigenvalue weighted by atomic mass is 9.96. The van der Waals surface area contributed by atoms with Crippen LogP contribution in [0.25, 0.3) is 11.7 Å². The Morgan fingerprint density at radius 2 is 2.06 bits per heavy atom. The van der Waals surface area contributed by atoms with Gasteiger partial charge in [0.25, 0.3) is 11.5 Å². The first-order valence-corrected chi connectivity index (χ1v) is 10.7. The molecule has 2 aromatic heterocycles. The maximum Gasteiger partial charge on any atom is 0.309 e. The summed E-state index contributed by atoms with van der Waals surface area (Å²) in [5.74, 6) is -0.546. The number of amides is 1. The minimum Gasteiger partial charge on any atom is -0.466 e. The molecule has 0 unspecified atom stereocenters. The fraction of sp³-hybridized carbons (Fsp3) is 0.435. The maximum absolute atomic E-state index is 13.4. The van der Waals surface area contributed by atoms with Crippen LogP contribution in [-0.2, 0) is 14.3 Å². The van der Waals surface area contributed by atoms with Crippen molar-refractivity contribution in [3.8, 4) is 6.07 Å². The van der Waals surface area contributed by atoms with Crippen LogP contribution in [-0.4, -0.2) is 47.5 Å². The van der Waals surface area contributed by atoms with Crippen molar-refractivity contribution in [1.29, 1.82) is 5.26 Å². The van der Waals surface area contributed by atoms with E-state index in [0.717, 1.165) is 5.56 Å². The molecular weight excluding hydrogens is 410 g/mol. The van der Waals surface area contributed by atoms with E-state index in [1.54, 1.807) is 26.1 Å². The molecule has 0 spiro atoms. The molecule has 0 bridgehead atoms. The van der Waals surface area contributed by atoms with Crippen molar-refractivity contribution in [3.63, 3.8) is 0 Å². The number of ether oxygens (including phenoxy) is 1. The molecule has 1 fully saturated rings. The average molecular weight is 438 g/mol. The Balaban J connectivity index is 2.09. The number of likely N-dealkylation sites (N-methyl/N-ethyl adjacent to an activating group) is 1. The third-order valence-corrected chi connectivity index (χ3v) is 5.47. The Labute approximate surface area is 186 Å². The van der Waals surface area contributed by atoms with Crippen molar-refractivity contribution in [1.82, 2.24) is 14.7 Å². The number of carbonyl (C=O) groups is 2. The lowest BCUT2D eigenvalue weighted by Crippen LogP contribution is -2.39. The van der Waals surface area contributed by atoms with Crippen LogP contribution in [0.5, 0.6) is 0 Å². The zero-order valence-electron chi connectivity index (χ0n) is 18.6. The lowest BCUT2D eigenvalue weighted by Gasteiger charge is -2.32. The third-order valence-electron chi connectivity index (χ3n) is 5.47. The summed E-state index contributed by atoms with van der Waals surface area (Å²) in [6.07, 6.45) is 4.06. The highest BCUT2D eigenvalue weighted by Gasteiger charge is 2.29. The van der Waals surface area contributed by atoms with Gasteiger partial charge in [-0.2, -0.15) is 5.26 Å². The predicted molar refractivity (Wildman–Crippen MR) is 120 cm³/mol. The van der Waals surface area contributed by atoms with Gasteiger partial charge in [0.1, 0.15) is 23.1 Å². The molecule has 3 rings (SSSR count). The number of aryl methyl sites for hydroxylation is 1. The molecule has 0 radical (unpaired) electrons. The molecule has 1 amide bonds. The van der Waals surface area contributed by atoms with Gasteiger partial charge < -0.3 is 15.0 Å². The predicted octanol–water partition coefficient (Wildman–Crippen LogP) is 1.83. The number of rotatable bonds is 6. The molecule has 9 nitrogen and oxygen atoms in total. The second-order valence-electron chi connectivity index (χ2n) is 7.58. The Kier molecular flexibility index (Phi) is 7.25. The van der Waals surface area contributed by atoms with Crippen LogP contribution in [0.2, 0.25) is 0 Å². The quantitative estimate of drug-likeness (QED) is 0.416. The Hall–Kier alpha value is -3.67. The number of aromatic nitrogens is 2. The summed E-state index contributed by atoms with van der Waals surface area (Å²) in [5.41, 5.74) is 0.977. The van der Waals surface area contributed by atoms with Crippen molar-refractivity contribution >= 4 is 29.4 Å². The molecule has 0 aliphatic carbocycles. The van der Waals surface area contributed by atoms with E-state index in [0.29, 0.717) is 50.5 Å². The van der Waals surface area contributed by atoms with Crippen LogP contribution in [0, 0.1) is 24.2 Å². The highest BCUT2D eigenvalue weighted by molar-refractivity contribution is 6.02. The van der Waals surface area contributed by atoms with Crippen LogP contribution < -0.4 is 15.8 Å². The molecule has 9 heteroatoms. The molecule has 2 aromatic rings. The highest BCUT2D eigenvalue weighted by Crippen LogP contribution is 2.26. The number of hydrogen-bond donors (Lipinski definition) is 1. The fourth-order valence-electron chi connectivity index (χ4n) is 3.80. The number of nitrogens with zero attached hydrogens (tertiary/aromatic N) is 4. The van der Waals surface area contributed by atoms with Gasteiger partial charge in [-0.25, -0.2) is 4.98 Å². The normalized spacial score (nSPS) is 14.8. The second kappa shape index (κ2) is 10.1. The van der Waals surface area contributed by atoms with Gasteiger partial charge in [0.15, 0.2) is 0 Å². The number of hydrogen-bond acceptors (Lipinski definition) is 7. The Bertz CT molecular complexity index is 1150. The summed E-state index contributed by atoms with van der Waals surface area (Å²) >= 11 is 0. The molecule has 1 aliphatic rings. The van der Waals surface area contributed by atoms with E-state index in [4.69, 9.17) is 9.72 Å². The SMILES string of the molecule is CCNC(=O)/C(C#N)=C/c1c(N2CCC(C(=O)OCC)CC2)nc2c(C)cccn2c1=O. The number of piperidine rings is 1. The number of esters is 1. The van der Waals surface area contributed by atoms with Crippen LogP contribution in [0.1, 0.15) is 37.8 Å². The van der Waals surface area contributed by atoms with Crippen molar-refractivity contribution < 1.29 is 14.3 Å². The van der Waals surface area contributed by atoms with Crippen LogP contribution in [0.3, 0.4) is 0 Å². The zero-order valence-corrected chi connectivity index (χ0v) is 18.6. The maximum atomic E-state index is 13.4. The number of nitriles is 1. The summed E-state index contributed by atoms with van der Waals surface area (Å²) < 4.78 is 6.56. The third kappa shape index (κ3) is 4.64. The molecule has 32 heavy (non-hydrogen) atoms. The zero-order chi connectivity index (χ0) is 23.3. The van der Waals surface area contributed by atoms with Gasteiger partial charge >= 0.3 is 5.97 Å². The van der Waals surface area contributed by atoms with Gasteiger partial charge in [-0.15, -0.1) is 0 Å². The monoisotopic (exact) mass is 437 g/mol. The van der Waals surface area contributed by atoms with E-state index < -0.39 is 5.91 Å². The Morgan fingerprint density at radius 1 is 1.34 bits per heavy atom. The minimum absolute atomic E-state index is 0.166. The number of pyridine rings is 1. The number of fused-ring (bicyclic) bond motifs is 1. The molecule has 0 atom stereocenters. The van der Waals surface area contributed by atoms with E-state index in [1.165, 1.54) is 10.5 Å². The molecule has 168 valence electrons. The molecule has 1 N–H and O–H groups in total. The summed E-state index contributed by atoms with van der Waals surface area (Å²) in [7, 11) is 0. The standard InChI is InChI=1S/C23H27N5O4/c1-4-25-21(29)17(14-24)13-18-20(26-19-15(3)7-6-10-28(19)22(18)30)27-11-8-16(9-12-27)23(31)32-5-2/h6-7,10,13,16H,4-5,8-9,11-12H2,1-3H3,(H,25,29)/b17-13+. The molecule has 3 heterocycles. The first-order chi connectivity index (χ1) is 15.4. The van der Waals surface area contributed by atoms with Gasteiger partial charge in [-0.3, -0.25) is 18.8 Å². The summed E-state index contributed by atoms with van der Waals surface area (Å²) in [6, 6.07) is 5.49. The topological polar surface area (TPSA) is 117 Å². The van der Waals surface area contributed by atoms with Crippen LogP contribution >= 0.6 is 0 Å². The van der Waals surface area contributed by atoms with Gasteiger partial charge in [-0.05, 0) is 51.3 Å². The summed E-state index contributed by atoms with van der Waals surface area (Å²) in [6.45, 7) is 7.10. The van der Waals surface area contributed by atoms with E-state index in [-0.39, 0.29) is 28.6 Å². The smallest absolute Gasteiger partial charge is 0.309 e. The molecule has 0 saturated carbocycles. The largest absolute Gasteiger partial charge is 0.466 e. The van der Waals surface area contributed by atoms with E-state index in [2.05, 4.69) is 5.32 Å². The van der Waals surface area contributed by atoms with E-state index in [9.17, 15) is 19.6 Å². The summed E-state index contributed by atoms with van der Waals surface area (Å²) in [5, 5.41) is 12.1. The van der Waals surface area contributed by atoms with E-state index in [1.807, 2.05) is 24.0 Å². The van der Waals surface area contributed by atoms with E-state index >= 15 is 0 Å². The van der Waals surface area contributed by atoms with Gasteiger partial charge in [0.05, 0.1) is 18.1 Å². The molecule has 1 saturated heterocycles. The lowest BCUT2D eigenvalue weighted by molar-refractivity contribution is -0.148. The van der Waals surface area contributed by atoms with Crippen molar-refractivity contribution in [2.75, 3.05) is 31.1 Å². The minimum atomic E-state index is -0.546. The highest BCUT2D eigenvalue weighted by atomic mass is 16.5. The van der Waals surface area contributed by atoms with Crippen LogP contribution in [0.15, 0.2) is 28.7 Å². The Morgan fingerprint density at radius 3 is 2.69 bits per heavy atom. The van der Waals surface area contributed by atoms with Crippen molar-refractivity contribution in [2.24, 2.45) is 5.92 Å². The van der Waals surface area contributed by atoms with Gasteiger partial charge in [0.2, 0.25) is 0 Å². The number of anilines is 1. The average Bonchev–Trinajstić information content (AvgIpc) is 2.79. The summed E-state index contributed by atoms with van der Waals surface area (Å²) in [4.78, 5) is 44.4. The van der Waals surface area contributed by atoms with Crippen molar-refractivity contribution in [3.05, 3.63) is 45.4 Å². The molecular formula is C23H27N5O4. The first-order valence-electron chi connectivity index (χ1n) is 10.7. The van der Waals surface area contributed by atoms with Gasteiger partial charge in [-0.1, -0.05) is 6.07 Å². The van der Waals surface area contributed by atoms with Gasteiger partial charge in [0, 0.05) is 25.8 Å². The van der Waals surface area contributed by atoms with Crippen LogP contribution in [0.4, 0.5) is 5.82 Å². The number of nitrogens with one attached hydrogen (secondary N) is 1. The first kappa shape index (κ1) is 23.0. The van der Waals surface area contributed by atoms with Crippen molar-refractivity contribution in [2.45, 2.75) is 33.6 Å². The second-order valence-corrected chi connectivity index (χ2v) is 7.58.